The van der Waals surface area contributed by atoms with Crippen molar-refractivity contribution in [3.8, 4) is 0 Å². The number of likely N-dealkylation sites (tertiary alicyclic amines) is 1. The van der Waals surface area contributed by atoms with E-state index in [-0.39, 0.29) is 12.8 Å². The van der Waals surface area contributed by atoms with Gasteiger partial charge in [-0.25, -0.2) is 9.18 Å². The molecular formula is C16H31FN2O3S. The molecule has 0 aromatic carbocycles. The van der Waals surface area contributed by atoms with Crippen LogP contribution in [0.1, 0.15) is 61.3 Å². The number of nitrogens with zero attached hydrogens (tertiary/aromatic N) is 1. The van der Waals surface area contributed by atoms with Gasteiger partial charge in [0.1, 0.15) is 16.0 Å². The zero-order chi connectivity index (χ0) is 18.1. The molecule has 1 aliphatic heterocycles. The Morgan fingerprint density at radius 3 is 2.13 bits per heavy atom. The number of amides is 1. The summed E-state index contributed by atoms with van der Waals surface area (Å²) in [6, 6.07) is -0.539. The van der Waals surface area contributed by atoms with Crippen LogP contribution in [0.25, 0.3) is 0 Å². The molecule has 1 heterocycles. The molecule has 0 spiro atoms. The van der Waals surface area contributed by atoms with Crippen LogP contribution in [0.15, 0.2) is 0 Å². The Hall–Kier alpha value is -0.530. The van der Waals surface area contributed by atoms with Gasteiger partial charge in [0.25, 0.3) is 0 Å². The van der Waals surface area contributed by atoms with Crippen molar-refractivity contribution >= 4 is 17.5 Å². The summed E-state index contributed by atoms with van der Waals surface area (Å²) in [5.41, 5.74) is -2.03. The van der Waals surface area contributed by atoms with Crippen LogP contribution in [0, 0.1) is 0 Å². The Labute approximate surface area is 142 Å². The van der Waals surface area contributed by atoms with Gasteiger partial charge in [0.05, 0.1) is 6.04 Å². The van der Waals surface area contributed by atoms with Gasteiger partial charge in [-0.3, -0.25) is 0 Å². The molecule has 1 saturated heterocycles. The van der Waals surface area contributed by atoms with Crippen molar-refractivity contribution < 1.29 is 18.5 Å². The average Bonchev–Trinajstić information content (AvgIpc) is 2.36. The normalized spacial score (nSPS) is 21.7. The van der Waals surface area contributed by atoms with E-state index in [4.69, 9.17) is 4.74 Å². The van der Waals surface area contributed by atoms with Gasteiger partial charge in [0.2, 0.25) is 0 Å². The first kappa shape index (κ1) is 20.5. The first-order valence-corrected chi connectivity index (χ1v) is 9.24. The number of carbonyl (C=O) groups excluding carboxylic acids is 1. The highest BCUT2D eigenvalue weighted by Gasteiger charge is 2.44. The number of hydrogen-bond donors (Lipinski definition) is 1. The first-order valence-electron chi connectivity index (χ1n) is 8.09. The van der Waals surface area contributed by atoms with Crippen molar-refractivity contribution in [1.29, 1.82) is 0 Å². The molecule has 1 fully saturated rings. The maximum Gasteiger partial charge on any atom is 0.410 e. The Morgan fingerprint density at radius 1 is 1.26 bits per heavy atom. The van der Waals surface area contributed by atoms with E-state index in [1.165, 1.54) is 4.90 Å². The van der Waals surface area contributed by atoms with E-state index >= 15 is 4.39 Å². The highest BCUT2D eigenvalue weighted by atomic mass is 32.2. The van der Waals surface area contributed by atoms with Crippen LogP contribution in [0.4, 0.5) is 9.18 Å². The lowest BCUT2D eigenvalue weighted by atomic mass is 9.87. The molecule has 0 saturated carbocycles. The molecule has 1 amide bonds. The SMILES string of the molecule is C[C@H](N[S@@+]([O-])C(C)(C)C)C1(F)CCN(C(=O)OC(C)(C)C)CC1. The summed E-state index contributed by atoms with van der Waals surface area (Å²) in [6.45, 7) is 13.3. The molecule has 0 unspecified atom stereocenters. The van der Waals surface area contributed by atoms with Crippen molar-refractivity contribution in [3.63, 3.8) is 0 Å². The summed E-state index contributed by atoms with van der Waals surface area (Å²) < 4.78 is 35.0. The fourth-order valence-corrected chi connectivity index (χ4v) is 3.15. The van der Waals surface area contributed by atoms with Gasteiger partial charge < -0.3 is 14.2 Å². The Kier molecular flexibility index (Phi) is 6.38. The molecule has 7 heteroatoms. The van der Waals surface area contributed by atoms with Crippen LogP contribution in [-0.2, 0) is 16.1 Å². The number of nitrogens with one attached hydrogen (secondary N) is 1. The minimum absolute atomic E-state index is 0.210. The summed E-state index contributed by atoms with van der Waals surface area (Å²) in [4.78, 5) is 13.6. The van der Waals surface area contributed by atoms with Crippen LogP contribution in [0.3, 0.4) is 0 Å². The van der Waals surface area contributed by atoms with Crippen molar-refractivity contribution in [1.82, 2.24) is 9.62 Å². The van der Waals surface area contributed by atoms with E-state index in [0.29, 0.717) is 13.1 Å². The van der Waals surface area contributed by atoms with E-state index in [9.17, 15) is 9.35 Å². The highest BCUT2D eigenvalue weighted by Crippen LogP contribution is 2.32. The van der Waals surface area contributed by atoms with Gasteiger partial charge in [-0.2, -0.15) is 0 Å². The molecule has 2 atom stereocenters. The topological polar surface area (TPSA) is 64.6 Å². The summed E-state index contributed by atoms with van der Waals surface area (Å²) >= 11 is -1.32. The van der Waals surface area contributed by atoms with Gasteiger partial charge >= 0.3 is 6.09 Å². The third kappa shape index (κ3) is 6.12. The quantitative estimate of drug-likeness (QED) is 0.794. The molecule has 0 bridgehead atoms. The van der Waals surface area contributed by atoms with Gasteiger partial charge in [-0.1, -0.05) is 0 Å². The van der Waals surface area contributed by atoms with Crippen LogP contribution >= 0.6 is 0 Å². The second-order valence-electron chi connectivity index (χ2n) is 8.22. The number of alkyl halides is 1. The largest absolute Gasteiger partial charge is 0.598 e. The van der Waals surface area contributed by atoms with Crippen molar-refractivity contribution in [2.45, 2.75) is 83.4 Å². The zero-order valence-corrected chi connectivity index (χ0v) is 16.2. The van der Waals surface area contributed by atoms with E-state index in [0.717, 1.165) is 0 Å². The molecule has 136 valence electrons. The Morgan fingerprint density at radius 2 is 1.74 bits per heavy atom. The lowest BCUT2D eigenvalue weighted by molar-refractivity contribution is -0.00296. The smallest absolute Gasteiger partial charge is 0.410 e. The minimum Gasteiger partial charge on any atom is -0.598 e. The molecule has 0 aromatic rings. The Bertz CT molecular complexity index is 413. The van der Waals surface area contributed by atoms with Gasteiger partial charge in [0, 0.05) is 37.3 Å². The van der Waals surface area contributed by atoms with Crippen molar-refractivity contribution in [2.75, 3.05) is 13.1 Å². The van der Waals surface area contributed by atoms with Crippen LogP contribution in [0.5, 0.6) is 0 Å². The predicted molar refractivity (Wildman–Crippen MR) is 91.4 cm³/mol. The maximum absolute atomic E-state index is 15.1. The number of carbonyl (C=O) groups is 1. The number of piperidine rings is 1. The maximum atomic E-state index is 15.1. The van der Waals surface area contributed by atoms with Gasteiger partial charge in [-0.05, 0) is 48.5 Å². The fraction of sp³-hybridized carbons (Fsp3) is 0.938. The highest BCUT2D eigenvalue weighted by molar-refractivity contribution is 7.90. The van der Waals surface area contributed by atoms with Crippen LogP contribution in [0.2, 0.25) is 0 Å². The Balaban J connectivity index is 2.57. The lowest BCUT2D eigenvalue weighted by Crippen LogP contribution is -2.57. The zero-order valence-electron chi connectivity index (χ0n) is 15.4. The minimum atomic E-state index is -1.47. The monoisotopic (exact) mass is 350 g/mol. The van der Waals surface area contributed by atoms with Crippen LogP contribution < -0.4 is 4.72 Å². The summed E-state index contributed by atoms with van der Waals surface area (Å²) in [5, 5.41) is 0. The first-order chi connectivity index (χ1) is 10.2. The van der Waals surface area contributed by atoms with E-state index in [1.54, 1.807) is 6.92 Å². The lowest BCUT2D eigenvalue weighted by Gasteiger charge is -2.40. The standard InChI is InChI=1S/C16H31FN2O3S/c1-12(18-23(21)15(5,6)7)16(17)8-10-19(11-9-16)13(20)22-14(2,3)4/h12,18H,8-11H2,1-7H3/t12-,23-/m0/s1. The fourth-order valence-electron chi connectivity index (χ4n) is 2.26. The van der Waals surface area contributed by atoms with Gasteiger partial charge in [0.15, 0.2) is 0 Å². The third-order valence-electron chi connectivity index (χ3n) is 3.86. The summed E-state index contributed by atoms with van der Waals surface area (Å²) in [7, 11) is 0. The average molecular weight is 351 g/mol. The predicted octanol–water partition coefficient (Wildman–Crippen LogP) is 3.17. The van der Waals surface area contributed by atoms with E-state index in [2.05, 4.69) is 4.72 Å². The molecular weight excluding hydrogens is 319 g/mol. The third-order valence-corrected chi connectivity index (χ3v) is 5.54. The van der Waals surface area contributed by atoms with Gasteiger partial charge in [-0.15, -0.1) is 4.72 Å². The second kappa shape index (κ2) is 7.15. The molecule has 1 aliphatic rings. The molecule has 0 aromatic heterocycles. The summed E-state index contributed by atoms with van der Waals surface area (Å²) in [6.07, 6.45) is 0.0159. The number of hydrogen-bond acceptors (Lipinski definition) is 4. The molecule has 0 aliphatic carbocycles. The van der Waals surface area contributed by atoms with Crippen molar-refractivity contribution in [2.24, 2.45) is 0 Å². The molecule has 23 heavy (non-hydrogen) atoms. The van der Waals surface area contributed by atoms with E-state index in [1.807, 2.05) is 41.5 Å². The molecule has 5 nitrogen and oxygen atoms in total. The summed E-state index contributed by atoms with van der Waals surface area (Å²) in [5.74, 6) is 0. The van der Waals surface area contributed by atoms with Crippen molar-refractivity contribution in [3.05, 3.63) is 0 Å². The molecule has 1 N–H and O–H groups in total. The second-order valence-corrected chi connectivity index (χ2v) is 10.2. The van der Waals surface area contributed by atoms with E-state index < -0.39 is 39.5 Å². The number of ether oxygens (including phenoxy) is 1. The van der Waals surface area contributed by atoms with Crippen LogP contribution in [-0.4, -0.2) is 50.7 Å². The number of rotatable bonds is 3. The molecule has 0 radical (unpaired) electrons. The molecule has 1 rings (SSSR count). The number of halogens is 1.